The van der Waals surface area contributed by atoms with Gasteiger partial charge in [-0.15, -0.1) is 0 Å². The highest BCUT2D eigenvalue weighted by Crippen LogP contribution is 2.12. The third-order valence-electron chi connectivity index (χ3n) is 3.08. The molecule has 0 spiro atoms. The van der Waals surface area contributed by atoms with Crippen LogP contribution in [0.25, 0.3) is 5.69 Å². The van der Waals surface area contributed by atoms with Gasteiger partial charge in [0.05, 0.1) is 18.8 Å². The van der Waals surface area contributed by atoms with E-state index in [4.69, 9.17) is 17.0 Å². The first-order chi connectivity index (χ1) is 10.1. The van der Waals surface area contributed by atoms with Crippen molar-refractivity contribution in [1.29, 1.82) is 0 Å². The standard InChI is InChI=1S/C15H21N3O2S/c1-11(2)20-10-13(19)8-9-14-16-17-15(21)18(14)12-6-4-3-5-7-12/h3-7,11,13,19H,8-10H2,1-2H3,(H,17,21)/t13-/m0/s1. The van der Waals surface area contributed by atoms with Gasteiger partial charge in [-0.3, -0.25) is 9.67 Å². The number of aromatic amines is 1. The molecule has 0 saturated carbocycles. The molecule has 0 aliphatic heterocycles. The number of aliphatic hydroxyl groups is 1. The molecule has 2 aromatic rings. The van der Waals surface area contributed by atoms with Gasteiger partial charge in [-0.1, -0.05) is 18.2 Å². The SMILES string of the molecule is CC(C)OC[C@@H](O)CCc1n[nH]c(=S)n1-c1ccccc1. The average molecular weight is 307 g/mol. The minimum Gasteiger partial charge on any atom is -0.391 e. The van der Waals surface area contributed by atoms with Crippen molar-refractivity contribution in [2.45, 2.75) is 38.9 Å². The monoisotopic (exact) mass is 307 g/mol. The Kier molecular flexibility index (Phi) is 5.67. The summed E-state index contributed by atoms with van der Waals surface area (Å²) in [5.41, 5.74) is 0.971. The number of nitrogens with one attached hydrogen (secondary N) is 1. The third-order valence-corrected chi connectivity index (χ3v) is 3.35. The second-order valence-electron chi connectivity index (χ2n) is 5.19. The zero-order valence-electron chi connectivity index (χ0n) is 12.3. The minimum atomic E-state index is -0.498. The van der Waals surface area contributed by atoms with E-state index < -0.39 is 6.10 Å². The van der Waals surface area contributed by atoms with Crippen molar-refractivity contribution in [3.8, 4) is 5.69 Å². The zero-order valence-corrected chi connectivity index (χ0v) is 13.1. The Labute approximate surface area is 129 Å². The molecular formula is C15H21N3O2S. The molecule has 0 fully saturated rings. The fraction of sp³-hybridized carbons (Fsp3) is 0.467. The van der Waals surface area contributed by atoms with Crippen molar-refractivity contribution in [2.24, 2.45) is 0 Å². The summed E-state index contributed by atoms with van der Waals surface area (Å²) in [6, 6.07) is 9.83. The first-order valence-corrected chi connectivity index (χ1v) is 7.50. The van der Waals surface area contributed by atoms with Crippen LogP contribution in [-0.2, 0) is 11.2 Å². The van der Waals surface area contributed by atoms with Crippen molar-refractivity contribution in [1.82, 2.24) is 14.8 Å². The maximum Gasteiger partial charge on any atom is 0.199 e. The van der Waals surface area contributed by atoms with Crippen LogP contribution in [-0.4, -0.2) is 38.7 Å². The van der Waals surface area contributed by atoms with E-state index in [1.807, 2.05) is 48.7 Å². The van der Waals surface area contributed by atoms with Gasteiger partial charge in [0.2, 0.25) is 0 Å². The number of para-hydroxylation sites is 1. The molecule has 5 nitrogen and oxygen atoms in total. The van der Waals surface area contributed by atoms with Crippen LogP contribution in [0.15, 0.2) is 30.3 Å². The second kappa shape index (κ2) is 7.49. The minimum absolute atomic E-state index is 0.124. The van der Waals surface area contributed by atoms with Crippen LogP contribution >= 0.6 is 12.2 Å². The number of aryl methyl sites for hydroxylation is 1. The number of H-pyrrole nitrogens is 1. The van der Waals surface area contributed by atoms with Crippen LogP contribution < -0.4 is 0 Å². The Morgan fingerprint density at radius 3 is 2.71 bits per heavy atom. The highest BCUT2D eigenvalue weighted by atomic mass is 32.1. The molecule has 1 atom stereocenters. The van der Waals surface area contributed by atoms with Crippen molar-refractivity contribution < 1.29 is 9.84 Å². The number of ether oxygens (including phenoxy) is 1. The van der Waals surface area contributed by atoms with Crippen LogP contribution in [0.2, 0.25) is 0 Å². The summed E-state index contributed by atoms with van der Waals surface area (Å²) in [4.78, 5) is 0. The number of hydrogen-bond acceptors (Lipinski definition) is 4. The largest absolute Gasteiger partial charge is 0.391 e. The van der Waals surface area contributed by atoms with Gasteiger partial charge in [-0.2, -0.15) is 5.10 Å². The molecule has 6 heteroatoms. The van der Waals surface area contributed by atoms with Gasteiger partial charge in [0.1, 0.15) is 5.82 Å². The first kappa shape index (κ1) is 15.9. The molecular weight excluding hydrogens is 286 g/mol. The number of benzene rings is 1. The van der Waals surface area contributed by atoms with Gasteiger partial charge in [-0.25, -0.2) is 0 Å². The Hall–Kier alpha value is -1.50. The molecule has 21 heavy (non-hydrogen) atoms. The van der Waals surface area contributed by atoms with Gasteiger partial charge in [0.25, 0.3) is 0 Å². The molecule has 0 amide bonds. The normalized spacial score (nSPS) is 12.8. The molecule has 2 rings (SSSR count). The fourth-order valence-corrected chi connectivity index (χ4v) is 2.28. The van der Waals surface area contributed by atoms with E-state index in [9.17, 15) is 5.11 Å². The van der Waals surface area contributed by atoms with Crippen LogP contribution in [0.3, 0.4) is 0 Å². The Morgan fingerprint density at radius 1 is 1.33 bits per heavy atom. The lowest BCUT2D eigenvalue weighted by Gasteiger charge is -2.13. The van der Waals surface area contributed by atoms with Crippen LogP contribution in [0.4, 0.5) is 0 Å². The van der Waals surface area contributed by atoms with Crippen LogP contribution in [0.1, 0.15) is 26.1 Å². The highest BCUT2D eigenvalue weighted by molar-refractivity contribution is 7.71. The molecule has 0 radical (unpaired) electrons. The fourth-order valence-electron chi connectivity index (χ4n) is 2.02. The van der Waals surface area contributed by atoms with Crippen molar-refractivity contribution in [3.63, 3.8) is 0 Å². The van der Waals surface area contributed by atoms with E-state index in [1.165, 1.54) is 0 Å². The molecule has 2 N–H and O–H groups in total. The highest BCUT2D eigenvalue weighted by Gasteiger charge is 2.12. The molecule has 1 heterocycles. The summed E-state index contributed by atoms with van der Waals surface area (Å²) in [5, 5.41) is 17.0. The quantitative estimate of drug-likeness (QED) is 0.772. The van der Waals surface area contributed by atoms with E-state index in [0.717, 1.165) is 11.5 Å². The summed E-state index contributed by atoms with van der Waals surface area (Å²) in [6.07, 6.45) is 0.838. The van der Waals surface area contributed by atoms with Crippen LogP contribution in [0.5, 0.6) is 0 Å². The predicted octanol–water partition coefficient (Wildman–Crippen LogP) is 2.65. The van der Waals surface area contributed by atoms with E-state index >= 15 is 0 Å². The lowest BCUT2D eigenvalue weighted by atomic mass is 10.2. The lowest BCUT2D eigenvalue weighted by Crippen LogP contribution is -2.19. The zero-order chi connectivity index (χ0) is 15.2. The lowest BCUT2D eigenvalue weighted by molar-refractivity contribution is 0.00266. The molecule has 0 bridgehead atoms. The van der Waals surface area contributed by atoms with E-state index in [1.54, 1.807) is 0 Å². The second-order valence-corrected chi connectivity index (χ2v) is 5.58. The summed E-state index contributed by atoms with van der Waals surface area (Å²) in [6.45, 7) is 4.24. The first-order valence-electron chi connectivity index (χ1n) is 7.09. The number of rotatable bonds is 7. The van der Waals surface area contributed by atoms with Crippen LogP contribution in [0, 0.1) is 4.77 Å². The van der Waals surface area contributed by atoms with Gasteiger partial charge < -0.3 is 9.84 Å². The Balaban J connectivity index is 2.04. The number of hydrogen-bond donors (Lipinski definition) is 2. The van der Waals surface area contributed by atoms with E-state index in [0.29, 0.717) is 24.2 Å². The number of aromatic nitrogens is 3. The molecule has 0 saturated heterocycles. The number of nitrogens with zero attached hydrogens (tertiary/aromatic N) is 2. The average Bonchev–Trinajstić information content (AvgIpc) is 2.84. The van der Waals surface area contributed by atoms with E-state index in [-0.39, 0.29) is 6.10 Å². The van der Waals surface area contributed by atoms with Gasteiger partial charge >= 0.3 is 0 Å². The molecule has 114 valence electrons. The van der Waals surface area contributed by atoms with Crippen molar-refractivity contribution in [3.05, 3.63) is 40.9 Å². The molecule has 1 aromatic carbocycles. The van der Waals surface area contributed by atoms with Gasteiger partial charge in [-0.05, 0) is 44.6 Å². The summed E-state index contributed by atoms with van der Waals surface area (Å²) < 4.78 is 7.86. The van der Waals surface area contributed by atoms with Crippen molar-refractivity contribution in [2.75, 3.05) is 6.61 Å². The van der Waals surface area contributed by atoms with Gasteiger partial charge in [0, 0.05) is 12.1 Å². The maximum atomic E-state index is 9.93. The number of aliphatic hydroxyl groups excluding tert-OH is 1. The predicted molar refractivity (Wildman–Crippen MR) is 84.2 cm³/mol. The summed E-state index contributed by atoms with van der Waals surface area (Å²) in [7, 11) is 0. The topological polar surface area (TPSA) is 63.1 Å². The summed E-state index contributed by atoms with van der Waals surface area (Å²) >= 11 is 5.28. The van der Waals surface area contributed by atoms with E-state index in [2.05, 4.69) is 10.2 Å². The molecule has 0 aliphatic carbocycles. The Morgan fingerprint density at radius 2 is 2.05 bits per heavy atom. The molecule has 0 unspecified atom stereocenters. The smallest absolute Gasteiger partial charge is 0.199 e. The summed E-state index contributed by atoms with van der Waals surface area (Å²) in [5.74, 6) is 0.815. The molecule has 1 aromatic heterocycles. The third kappa shape index (κ3) is 4.49. The van der Waals surface area contributed by atoms with Gasteiger partial charge in [0.15, 0.2) is 4.77 Å². The maximum absolute atomic E-state index is 9.93. The van der Waals surface area contributed by atoms with Crippen molar-refractivity contribution >= 4 is 12.2 Å². The molecule has 0 aliphatic rings. The Bertz CT molecular complexity index is 607.